The lowest BCUT2D eigenvalue weighted by Crippen LogP contribution is -2.29. The van der Waals surface area contributed by atoms with Crippen molar-refractivity contribution in [3.05, 3.63) is 85.8 Å². The molecule has 2 unspecified atom stereocenters. The number of anilines is 2. The summed E-state index contributed by atoms with van der Waals surface area (Å²) in [6.07, 6.45) is -0.211. The SMILES string of the molecule is CC(=O)O.Cc1ccc(NC(=O)CC2SC(=NC(c3ccc(N(C)C)cc3)c3c(O)[nH]c(=O)[nH]c3=O)NC2=O)cc1F. The Bertz CT molecular complexity index is 1630. The van der Waals surface area contributed by atoms with Crippen molar-refractivity contribution in [3.8, 4) is 5.88 Å². The number of nitrogens with zero attached hydrogens (tertiary/aromatic N) is 2. The topological polar surface area (TPSA) is 197 Å². The Kier molecular flexibility index (Phi) is 10.3. The monoisotopic (exact) mass is 600 g/mol. The maximum Gasteiger partial charge on any atom is 0.328 e. The Morgan fingerprint density at radius 3 is 2.33 bits per heavy atom. The Balaban J connectivity index is 0.00000114. The van der Waals surface area contributed by atoms with Crippen LogP contribution < -0.4 is 26.8 Å². The number of hydrogen-bond donors (Lipinski definition) is 6. The van der Waals surface area contributed by atoms with E-state index in [1.165, 1.54) is 12.1 Å². The fourth-order valence-electron chi connectivity index (χ4n) is 3.77. The number of amidine groups is 1. The summed E-state index contributed by atoms with van der Waals surface area (Å²) < 4.78 is 13.8. The molecule has 2 aromatic carbocycles. The highest BCUT2D eigenvalue weighted by molar-refractivity contribution is 8.15. The van der Waals surface area contributed by atoms with Crippen molar-refractivity contribution in [2.24, 2.45) is 4.99 Å². The molecule has 6 N–H and O–H groups in total. The first kappa shape index (κ1) is 31.6. The molecule has 222 valence electrons. The van der Waals surface area contributed by atoms with Crippen LogP contribution in [0.2, 0.25) is 0 Å². The van der Waals surface area contributed by atoms with Gasteiger partial charge in [-0.25, -0.2) is 14.2 Å². The number of halogens is 1. The highest BCUT2D eigenvalue weighted by Gasteiger charge is 2.34. The Hall–Kier alpha value is -4.92. The largest absolute Gasteiger partial charge is 0.494 e. The lowest BCUT2D eigenvalue weighted by molar-refractivity contribution is -0.134. The number of carbonyl (C=O) groups is 3. The zero-order chi connectivity index (χ0) is 31.1. The first-order valence-electron chi connectivity index (χ1n) is 12.4. The lowest BCUT2D eigenvalue weighted by atomic mass is 10.0. The van der Waals surface area contributed by atoms with Crippen LogP contribution in [0.1, 0.15) is 36.1 Å². The minimum atomic E-state index is -1.09. The number of aromatic nitrogens is 2. The summed E-state index contributed by atoms with van der Waals surface area (Å²) >= 11 is 0.984. The van der Waals surface area contributed by atoms with Crippen LogP contribution in [0, 0.1) is 12.7 Å². The number of rotatable bonds is 7. The number of benzene rings is 2. The first-order valence-corrected chi connectivity index (χ1v) is 13.3. The number of H-pyrrole nitrogens is 2. The van der Waals surface area contributed by atoms with Gasteiger partial charge in [0.1, 0.15) is 22.7 Å². The molecule has 0 spiro atoms. The van der Waals surface area contributed by atoms with Crippen LogP contribution in [-0.2, 0) is 14.4 Å². The molecule has 0 saturated carbocycles. The average Bonchev–Trinajstić information content (AvgIpc) is 3.23. The van der Waals surface area contributed by atoms with Gasteiger partial charge in [0.05, 0.1) is 0 Å². The lowest BCUT2D eigenvalue weighted by Gasteiger charge is -2.17. The fraction of sp³-hybridized carbons (Fsp3) is 0.259. The molecule has 0 radical (unpaired) electrons. The second kappa shape index (κ2) is 13.6. The summed E-state index contributed by atoms with van der Waals surface area (Å²) in [7, 11) is 3.73. The van der Waals surface area contributed by atoms with E-state index in [1.807, 2.05) is 19.0 Å². The van der Waals surface area contributed by atoms with Crippen LogP contribution in [0.5, 0.6) is 5.88 Å². The van der Waals surface area contributed by atoms with Gasteiger partial charge in [-0.2, -0.15) is 0 Å². The van der Waals surface area contributed by atoms with Gasteiger partial charge in [0, 0.05) is 38.8 Å². The number of aliphatic imine (C=N–C) groups is 1. The normalized spacial score (nSPS) is 15.8. The van der Waals surface area contributed by atoms with Gasteiger partial charge in [0.2, 0.25) is 17.7 Å². The van der Waals surface area contributed by atoms with Gasteiger partial charge in [-0.3, -0.25) is 29.1 Å². The first-order chi connectivity index (χ1) is 19.7. The number of carboxylic acids is 1. The maximum absolute atomic E-state index is 13.8. The highest BCUT2D eigenvalue weighted by Crippen LogP contribution is 2.32. The van der Waals surface area contributed by atoms with Crippen LogP contribution in [0.3, 0.4) is 0 Å². The van der Waals surface area contributed by atoms with E-state index in [-0.39, 0.29) is 22.8 Å². The van der Waals surface area contributed by atoms with Gasteiger partial charge in [0.25, 0.3) is 11.5 Å². The van der Waals surface area contributed by atoms with Crippen molar-refractivity contribution in [2.75, 3.05) is 24.3 Å². The second-order valence-electron chi connectivity index (χ2n) is 9.32. The molecule has 2 heterocycles. The van der Waals surface area contributed by atoms with Gasteiger partial charge in [0.15, 0.2) is 5.17 Å². The highest BCUT2D eigenvalue weighted by atomic mass is 32.2. The molecule has 1 saturated heterocycles. The Morgan fingerprint density at radius 1 is 1.12 bits per heavy atom. The third-order valence-electron chi connectivity index (χ3n) is 5.81. The van der Waals surface area contributed by atoms with E-state index >= 15 is 0 Å². The molecule has 15 heteroatoms. The predicted octanol–water partition coefficient (Wildman–Crippen LogP) is 2.08. The van der Waals surface area contributed by atoms with E-state index in [4.69, 9.17) is 9.90 Å². The summed E-state index contributed by atoms with van der Waals surface area (Å²) in [5.74, 6) is -2.91. The van der Waals surface area contributed by atoms with E-state index in [0.29, 0.717) is 11.1 Å². The van der Waals surface area contributed by atoms with Crippen LogP contribution in [0.25, 0.3) is 0 Å². The summed E-state index contributed by atoms with van der Waals surface area (Å²) in [6.45, 7) is 2.69. The zero-order valence-electron chi connectivity index (χ0n) is 23.0. The quantitative estimate of drug-likeness (QED) is 0.235. The zero-order valence-corrected chi connectivity index (χ0v) is 23.8. The van der Waals surface area contributed by atoms with Crippen LogP contribution in [-0.4, -0.2) is 62.5 Å². The van der Waals surface area contributed by atoms with Crippen molar-refractivity contribution in [3.63, 3.8) is 0 Å². The van der Waals surface area contributed by atoms with Gasteiger partial charge >= 0.3 is 5.69 Å². The maximum atomic E-state index is 13.8. The number of hydrogen-bond acceptors (Lipinski definition) is 9. The molecule has 1 aromatic heterocycles. The molecule has 1 fully saturated rings. The van der Waals surface area contributed by atoms with Crippen molar-refractivity contribution in [1.29, 1.82) is 0 Å². The fourth-order valence-corrected chi connectivity index (χ4v) is 4.76. The van der Waals surface area contributed by atoms with Crippen molar-refractivity contribution in [1.82, 2.24) is 15.3 Å². The number of carboxylic acid groups (broad SMARTS) is 1. The number of aryl methyl sites for hydroxylation is 1. The minimum absolute atomic E-state index is 0.126. The molecule has 0 bridgehead atoms. The number of aromatic hydroxyl groups is 1. The van der Waals surface area contributed by atoms with Crippen molar-refractivity contribution >= 4 is 46.1 Å². The van der Waals surface area contributed by atoms with Crippen LogP contribution in [0.15, 0.2) is 57.0 Å². The molecule has 4 rings (SSSR count). The number of amides is 2. The predicted molar refractivity (Wildman–Crippen MR) is 157 cm³/mol. The van der Waals surface area contributed by atoms with E-state index in [1.54, 1.807) is 37.3 Å². The third kappa shape index (κ3) is 8.30. The molecular weight excluding hydrogens is 571 g/mol. The van der Waals surface area contributed by atoms with Gasteiger partial charge in [-0.15, -0.1) is 0 Å². The molecule has 0 aliphatic carbocycles. The van der Waals surface area contributed by atoms with E-state index < -0.39 is 52.0 Å². The van der Waals surface area contributed by atoms with E-state index in [0.717, 1.165) is 24.4 Å². The molecule has 13 nitrogen and oxygen atoms in total. The smallest absolute Gasteiger partial charge is 0.328 e. The summed E-state index contributed by atoms with van der Waals surface area (Å²) in [5.41, 5.74) is 0.155. The molecule has 2 atom stereocenters. The molecule has 1 aliphatic rings. The average molecular weight is 601 g/mol. The van der Waals surface area contributed by atoms with E-state index in [2.05, 4.69) is 25.6 Å². The number of aliphatic carboxylic acids is 1. The number of nitrogens with one attached hydrogen (secondary N) is 4. The van der Waals surface area contributed by atoms with Crippen LogP contribution in [0.4, 0.5) is 15.8 Å². The summed E-state index contributed by atoms with van der Waals surface area (Å²) in [5, 5.41) is 22.3. The Labute approximate surface area is 242 Å². The number of aromatic amines is 2. The second-order valence-corrected chi connectivity index (χ2v) is 10.5. The number of thioether (sulfide) groups is 1. The van der Waals surface area contributed by atoms with Gasteiger partial charge in [-0.1, -0.05) is 30.0 Å². The van der Waals surface area contributed by atoms with E-state index in [9.17, 15) is 28.7 Å². The third-order valence-corrected chi connectivity index (χ3v) is 6.90. The standard InChI is InChI=1S/C25H25FN6O5S.C2H4O2/c1-12-4-7-14(10-16(12)26)27-18(33)11-17-21(34)31-25(38-17)28-20(13-5-8-15(9-6-13)32(2)3)19-22(35)29-24(37)30-23(19)36;1-2(3)4/h4-10,17,20H,11H2,1-3H3,(H,27,33)(H,28,31,34)(H3,29,30,35,36,37);1H3,(H,3,4). The molecule has 3 aromatic rings. The van der Waals surface area contributed by atoms with Crippen LogP contribution >= 0.6 is 11.8 Å². The molecular formula is C27H29FN6O7S. The number of carbonyl (C=O) groups excluding carboxylic acids is 2. The van der Waals surface area contributed by atoms with Crippen molar-refractivity contribution < 1.29 is 29.0 Å². The molecule has 42 heavy (non-hydrogen) atoms. The summed E-state index contributed by atoms with van der Waals surface area (Å²) in [6, 6.07) is 10.2. The van der Waals surface area contributed by atoms with Gasteiger partial charge < -0.3 is 25.7 Å². The Morgan fingerprint density at radius 2 is 1.76 bits per heavy atom. The minimum Gasteiger partial charge on any atom is -0.494 e. The summed E-state index contributed by atoms with van der Waals surface area (Å²) in [4.78, 5) is 69.0. The molecule has 2 amide bonds. The van der Waals surface area contributed by atoms with Gasteiger partial charge in [-0.05, 0) is 42.3 Å². The van der Waals surface area contributed by atoms with Crippen molar-refractivity contribution in [2.45, 2.75) is 31.6 Å². The molecule has 1 aliphatic heterocycles.